The maximum atomic E-state index is 13.7. The summed E-state index contributed by atoms with van der Waals surface area (Å²) in [5, 5.41) is 0. The number of halogens is 2. The summed E-state index contributed by atoms with van der Waals surface area (Å²) in [6.07, 6.45) is 6.43. The predicted molar refractivity (Wildman–Crippen MR) is 70.5 cm³/mol. The number of hydrogen-bond acceptors (Lipinski definition) is 0. The Balaban J connectivity index is 1.94. The minimum absolute atomic E-state index is 0.277. The van der Waals surface area contributed by atoms with Gasteiger partial charge in [0.2, 0.25) is 0 Å². The third kappa shape index (κ3) is 3.30. The Morgan fingerprint density at radius 2 is 1.61 bits per heavy atom. The lowest BCUT2D eigenvalue weighted by Crippen LogP contribution is -2.13. The molecule has 1 aromatic rings. The van der Waals surface area contributed by atoms with E-state index in [9.17, 15) is 8.78 Å². The molecule has 0 saturated heterocycles. The van der Waals surface area contributed by atoms with E-state index >= 15 is 0 Å². The highest BCUT2D eigenvalue weighted by Crippen LogP contribution is 2.31. The molecule has 0 aromatic heterocycles. The molecule has 0 radical (unpaired) electrons. The van der Waals surface area contributed by atoms with Crippen LogP contribution in [0.1, 0.15) is 50.2 Å². The normalized spacial score (nSPS) is 24.2. The highest BCUT2D eigenvalue weighted by molar-refractivity contribution is 5.25. The summed E-state index contributed by atoms with van der Waals surface area (Å²) >= 11 is 0. The molecule has 1 aliphatic rings. The van der Waals surface area contributed by atoms with E-state index in [2.05, 4.69) is 6.92 Å². The van der Waals surface area contributed by atoms with E-state index in [0.29, 0.717) is 17.9 Å². The van der Waals surface area contributed by atoms with Gasteiger partial charge in [0.1, 0.15) is 11.6 Å². The van der Waals surface area contributed by atoms with Gasteiger partial charge in [-0.05, 0) is 49.3 Å². The molecular weight excluding hydrogens is 230 g/mol. The largest absolute Gasteiger partial charge is 0.207 e. The average molecular weight is 252 g/mol. The first-order valence-corrected chi connectivity index (χ1v) is 7.00. The molecule has 2 rings (SSSR count). The van der Waals surface area contributed by atoms with Crippen LogP contribution in [0.2, 0.25) is 0 Å². The van der Waals surface area contributed by atoms with Crippen molar-refractivity contribution in [1.82, 2.24) is 0 Å². The van der Waals surface area contributed by atoms with Crippen molar-refractivity contribution in [2.24, 2.45) is 11.8 Å². The van der Waals surface area contributed by atoms with Gasteiger partial charge >= 0.3 is 0 Å². The van der Waals surface area contributed by atoms with Crippen molar-refractivity contribution in [3.05, 3.63) is 34.9 Å². The van der Waals surface area contributed by atoms with E-state index in [0.717, 1.165) is 12.3 Å². The zero-order valence-corrected chi connectivity index (χ0v) is 11.3. The highest BCUT2D eigenvalue weighted by Gasteiger charge is 2.19. The second-order valence-corrected chi connectivity index (χ2v) is 5.87. The zero-order valence-electron chi connectivity index (χ0n) is 11.3. The monoisotopic (exact) mass is 252 g/mol. The average Bonchev–Trinajstić information content (AvgIpc) is 2.30. The van der Waals surface area contributed by atoms with Crippen molar-refractivity contribution in [2.45, 2.75) is 52.4 Å². The molecule has 1 fully saturated rings. The Kier molecular flexibility index (Phi) is 4.36. The molecule has 100 valence electrons. The molecule has 1 aromatic carbocycles. The standard InChI is InChI=1S/C16H22F2/c1-11-3-5-13(6-4-11)7-8-14-15(17)9-12(2)10-16(14)18/h9-11,13H,3-8H2,1-2H3. The Morgan fingerprint density at radius 1 is 1.06 bits per heavy atom. The van der Waals surface area contributed by atoms with Gasteiger partial charge < -0.3 is 0 Å². The molecule has 0 amide bonds. The summed E-state index contributed by atoms with van der Waals surface area (Å²) in [5.41, 5.74) is 0.930. The van der Waals surface area contributed by atoms with Crippen molar-refractivity contribution < 1.29 is 8.78 Å². The van der Waals surface area contributed by atoms with Gasteiger partial charge in [0, 0.05) is 5.56 Å². The van der Waals surface area contributed by atoms with Gasteiger partial charge in [0.05, 0.1) is 0 Å². The van der Waals surface area contributed by atoms with E-state index < -0.39 is 0 Å². The minimum atomic E-state index is -0.378. The van der Waals surface area contributed by atoms with Crippen molar-refractivity contribution in [2.75, 3.05) is 0 Å². The lowest BCUT2D eigenvalue weighted by Gasteiger charge is -2.26. The van der Waals surface area contributed by atoms with E-state index in [1.165, 1.54) is 37.8 Å². The van der Waals surface area contributed by atoms with Gasteiger partial charge in [-0.15, -0.1) is 0 Å². The summed E-state index contributed by atoms with van der Waals surface area (Å²) in [5.74, 6) is 0.726. The third-order valence-electron chi connectivity index (χ3n) is 4.22. The van der Waals surface area contributed by atoms with Crippen LogP contribution in [0.15, 0.2) is 12.1 Å². The van der Waals surface area contributed by atoms with Crippen LogP contribution in [0.5, 0.6) is 0 Å². The van der Waals surface area contributed by atoms with E-state index in [1.807, 2.05) is 0 Å². The van der Waals surface area contributed by atoms with Crippen LogP contribution in [-0.2, 0) is 6.42 Å². The molecule has 0 N–H and O–H groups in total. The molecule has 1 saturated carbocycles. The quantitative estimate of drug-likeness (QED) is 0.707. The lowest BCUT2D eigenvalue weighted by atomic mass is 9.80. The van der Waals surface area contributed by atoms with Crippen molar-refractivity contribution in [3.8, 4) is 0 Å². The molecule has 0 atom stereocenters. The first-order chi connectivity index (χ1) is 8.56. The fraction of sp³-hybridized carbons (Fsp3) is 0.625. The number of benzene rings is 1. The Morgan fingerprint density at radius 3 is 2.17 bits per heavy atom. The SMILES string of the molecule is Cc1cc(F)c(CCC2CCC(C)CC2)c(F)c1. The smallest absolute Gasteiger partial charge is 0.129 e. The second kappa shape index (κ2) is 5.81. The fourth-order valence-corrected chi connectivity index (χ4v) is 2.93. The van der Waals surface area contributed by atoms with E-state index in [-0.39, 0.29) is 17.2 Å². The molecule has 2 heteroatoms. The second-order valence-electron chi connectivity index (χ2n) is 5.87. The zero-order chi connectivity index (χ0) is 13.1. The van der Waals surface area contributed by atoms with Gasteiger partial charge in [-0.1, -0.05) is 32.6 Å². The van der Waals surface area contributed by atoms with Crippen LogP contribution in [0.4, 0.5) is 8.78 Å². The molecule has 0 aliphatic heterocycles. The van der Waals surface area contributed by atoms with Gasteiger partial charge in [0.15, 0.2) is 0 Å². The fourth-order valence-electron chi connectivity index (χ4n) is 2.93. The molecule has 0 nitrogen and oxygen atoms in total. The molecule has 0 spiro atoms. The third-order valence-corrected chi connectivity index (χ3v) is 4.22. The van der Waals surface area contributed by atoms with Crippen LogP contribution < -0.4 is 0 Å². The molecule has 0 heterocycles. The van der Waals surface area contributed by atoms with Gasteiger partial charge in [-0.25, -0.2) is 8.78 Å². The number of rotatable bonds is 3. The predicted octanol–water partition coefficient (Wildman–Crippen LogP) is 5.03. The molecule has 18 heavy (non-hydrogen) atoms. The summed E-state index contributed by atoms with van der Waals surface area (Å²) in [7, 11) is 0. The van der Waals surface area contributed by atoms with Crippen LogP contribution in [0.25, 0.3) is 0 Å². The number of hydrogen-bond donors (Lipinski definition) is 0. The maximum Gasteiger partial charge on any atom is 0.129 e. The van der Waals surface area contributed by atoms with Crippen LogP contribution in [0.3, 0.4) is 0 Å². The Labute approximate surface area is 108 Å². The van der Waals surface area contributed by atoms with E-state index in [4.69, 9.17) is 0 Å². The van der Waals surface area contributed by atoms with Crippen molar-refractivity contribution in [1.29, 1.82) is 0 Å². The lowest BCUT2D eigenvalue weighted by molar-refractivity contribution is 0.276. The van der Waals surface area contributed by atoms with Gasteiger partial charge in [0.25, 0.3) is 0 Å². The minimum Gasteiger partial charge on any atom is -0.207 e. The summed E-state index contributed by atoms with van der Waals surface area (Å²) < 4.78 is 27.4. The van der Waals surface area contributed by atoms with Gasteiger partial charge in [-0.2, -0.15) is 0 Å². The highest BCUT2D eigenvalue weighted by atomic mass is 19.1. The first-order valence-electron chi connectivity index (χ1n) is 7.00. The number of aryl methyl sites for hydroxylation is 1. The van der Waals surface area contributed by atoms with E-state index in [1.54, 1.807) is 6.92 Å². The van der Waals surface area contributed by atoms with Gasteiger partial charge in [-0.3, -0.25) is 0 Å². The molecule has 0 bridgehead atoms. The maximum absolute atomic E-state index is 13.7. The molecule has 0 unspecified atom stereocenters. The summed E-state index contributed by atoms with van der Waals surface area (Å²) in [6, 6.07) is 2.86. The Bertz CT molecular complexity index is 381. The summed E-state index contributed by atoms with van der Waals surface area (Å²) in [4.78, 5) is 0. The first kappa shape index (κ1) is 13.5. The van der Waals surface area contributed by atoms with Crippen molar-refractivity contribution in [3.63, 3.8) is 0 Å². The van der Waals surface area contributed by atoms with Crippen molar-refractivity contribution >= 4 is 0 Å². The van der Waals surface area contributed by atoms with Crippen LogP contribution >= 0.6 is 0 Å². The molecule has 1 aliphatic carbocycles. The Hall–Kier alpha value is -0.920. The van der Waals surface area contributed by atoms with Crippen LogP contribution in [-0.4, -0.2) is 0 Å². The molecular formula is C16H22F2. The van der Waals surface area contributed by atoms with Crippen LogP contribution in [0, 0.1) is 30.4 Å². The topological polar surface area (TPSA) is 0 Å². The summed E-state index contributed by atoms with van der Waals surface area (Å²) in [6.45, 7) is 4.01.